The van der Waals surface area contributed by atoms with Gasteiger partial charge in [-0.25, -0.2) is 0 Å². The van der Waals surface area contributed by atoms with E-state index < -0.39 is 18.0 Å². The number of fused-ring (bicyclic) bond motifs is 2. The summed E-state index contributed by atoms with van der Waals surface area (Å²) in [7, 11) is 0. The Labute approximate surface area is 125 Å². The fraction of sp³-hybridized carbons (Fsp3) is 0.500. The molecule has 1 fully saturated rings. The zero-order valence-electron chi connectivity index (χ0n) is 11.9. The molecule has 6 heteroatoms. The second kappa shape index (κ2) is 5.11. The zero-order valence-corrected chi connectivity index (χ0v) is 11.9. The fourth-order valence-corrected chi connectivity index (χ4v) is 3.76. The number of halogens is 3. The monoisotopic (exact) mass is 311 g/mol. The third-order valence-corrected chi connectivity index (χ3v) is 4.84. The molecule has 1 amide bonds. The number of hydrogen-bond donors (Lipinski definition) is 1. The summed E-state index contributed by atoms with van der Waals surface area (Å²) in [6.07, 6.45) is 0.154. The Kier molecular flexibility index (Phi) is 3.50. The highest BCUT2D eigenvalue weighted by atomic mass is 19.4. The van der Waals surface area contributed by atoms with Crippen LogP contribution in [0.4, 0.5) is 13.2 Å². The van der Waals surface area contributed by atoms with E-state index in [2.05, 4.69) is 0 Å². The quantitative estimate of drug-likeness (QED) is 0.809. The number of carbonyl (C=O) groups is 2. The number of alkyl halides is 3. The topological polar surface area (TPSA) is 60.2 Å². The van der Waals surface area contributed by atoms with Crippen molar-refractivity contribution in [1.29, 1.82) is 0 Å². The predicted molar refractivity (Wildman–Crippen MR) is 73.5 cm³/mol. The lowest BCUT2D eigenvalue weighted by Gasteiger charge is -2.38. The van der Waals surface area contributed by atoms with Gasteiger partial charge in [0.15, 0.2) is 5.78 Å². The Bertz CT molecular complexity index is 640. The normalized spacial score (nSPS) is 28.6. The summed E-state index contributed by atoms with van der Waals surface area (Å²) in [5, 5.41) is 0. The number of nitrogens with two attached hydrogens (primary N) is 1. The van der Waals surface area contributed by atoms with Gasteiger partial charge in [-0.1, -0.05) is 5.57 Å². The first-order valence-electron chi connectivity index (χ1n) is 7.34. The molecule has 1 saturated carbocycles. The number of primary amides is 1. The van der Waals surface area contributed by atoms with E-state index in [0.717, 1.165) is 11.1 Å². The van der Waals surface area contributed by atoms with Gasteiger partial charge in [-0.3, -0.25) is 9.59 Å². The Hall–Kier alpha value is -1.85. The molecule has 0 aromatic heterocycles. The van der Waals surface area contributed by atoms with Crippen molar-refractivity contribution in [3.05, 3.63) is 34.4 Å². The van der Waals surface area contributed by atoms with Gasteiger partial charge < -0.3 is 5.73 Å². The molecule has 0 heterocycles. The number of rotatable bonds is 1. The molecule has 3 nitrogen and oxygen atoms in total. The highest BCUT2D eigenvalue weighted by Gasteiger charge is 2.45. The van der Waals surface area contributed by atoms with E-state index in [1.54, 1.807) is 6.08 Å². The lowest BCUT2D eigenvalue weighted by atomic mass is 9.67. The maximum Gasteiger partial charge on any atom is 0.391 e. The summed E-state index contributed by atoms with van der Waals surface area (Å²) in [6.45, 7) is 0. The van der Waals surface area contributed by atoms with E-state index in [4.69, 9.17) is 5.73 Å². The van der Waals surface area contributed by atoms with Crippen molar-refractivity contribution in [2.24, 2.45) is 17.6 Å². The van der Waals surface area contributed by atoms with Crippen molar-refractivity contribution in [2.75, 3.05) is 0 Å². The molecule has 0 bridgehead atoms. The van der Waals surface area contributed by atoms with Crippen LogP contribution in [0.5, 0.6) is 0 Å². The average Bonchev–Trinajstić information content (AvgIpc) is 2.44. The van der Waals surface area contributed by atoms with E-state index in [-0.39, 0.29) is 30.1 Å². The molecule has 2 unspecified atom stereocenters. The summed E-state index contributed by atoms with van der Waals surface area (Å²) in [4.78, 5) is 23.5. The van der Waals surface area contributed by atoms with Crippen molar-refractivity contribution < 1.29 is 22.8 Å². The molecule has 3 aliphatic rings. The lowest BCUT2D eigenvalue weighted by molar-refractivity contribution is -0.183. The highest BCUT2D eigenvalue weighted by molar-refractivity contribution is 6.15. The molecule has 2 atom stereocenters. The molecule has 118 valence electrons. The number of allylic oxidation sites excluding steroid dienone is 4. The van der Waals surface area contributed by atoms with Gasteiger partial charge in [-0.05, 0) is 55.7 Å². The number of ketones is 1. The molecule has 0 spiro atoms. The van der Waals surface area contributed by atoms with Gasteiger partial charge in [-0.2, -0.15) is 13.2 Å². The van der Waals surface area contributed by atoms with Crippen LogP contribution in [0.25, 0.3) is 0 Å². The van der Waals surface area contributed by atoms with Crippen LogP contribution >= 0.6 is 0 Å². The average molecular weight is 311 g/mol. The minimum absolute atomic E-state index is 0.0335. The van der Waals surface area contributed by atoms with Crippen LogP contribution in [0.3, 0.4) is 0 Å². The minimum atomic E-state index is -4.16. The lowest BCUT2D eigenvalue weighted by Crippen LogP contribution is -2.33. The smallest absolute Gasteiger partial charge is 0.366 e. The van der Waals surface area contributed by atoms with Crippen LogP contribution in [0, 0.1) is 11.8 Å². The van der Waals surface area contributed by atoms with Crippen LogP contribution in [0.15, 0.2) is 34.4 Å². The van der Waals surface area contributed by atoms with Crippen LogP contribution < -0.4 is 5.73 Å². The molecule has 22 heavy (non-hydrogen) atoms. The van der Waals surface area contributed by atoms with Gasteiger partial charge in [0.2, 0.25) is 5.91 Å². The molecule has 0 aromatic rings. The second-order valence-electron chi connectivity index (χ2n) is 6.15. The largest absolute Gasteiger partial charge is 0.391 e. The molecule has 0 radical (unpaired) electrons. The van der Waals surface area contributed by atoms with Gasteiger partial charge in [0.25, 0.3) is 0 Å². The van der Waals surface area contributed by atoms with Gasteiger partial charge in [-0.15, -0.1) is 0 Å². The summed E-state index contributed by atoms with van der Waals surface area (Å²) in [5.74, 6) is -2.41. The van der Waals surface area contributed by atoms with Gasteiger partial charge in [0.05, 0.1) is 5.92 Å². The van der Waals surface area contributed by atoms with Crippen LogP contribution in [-0.2, 0) is 9.59 Å². The summed E-state index contributed by atoms with van der Waals surface area (Å²) >= 11 is 0. The van der Waals surface area contributed by atoms with E-state index in [1.807, 2.05) is 0 Å². The first-order chi connectivity index (χ1) is 10.3. The summed E-state index contributed by atoms with van der Waals surface area (Å²) in [5.41, 5.74) is 7.49. The van der Waals surface area contributed by atoms with Crippen LogP contribution in [0.1, 0.15) is 32.1 Å². The molecule has 0 aliphatic heterocycles. The maximum absolute atomic E-state index is 12.9. The summed E-state index contributed by atoms with van der Waals surface area (Å²) in [6, 6.07) is 0. The molecule has 3 rings (SSSR count). The zero-order chi connectivity index (χ0) is 16.1. The predicted octanol–water partition coefficient (Wildman–Crippen LogP) is 2.98. The summed E-state index contributed by atoms with van der Waals surface area (Å²) < 4.78 is 38.7. The second-order valence-corrected chi connectivity index (χ2v) is 6.15. The Morgan fingerprint density at radius 2 is 1.91 bits per heavy atom. The first-order valence-corrected chi connectivity index (χ1v) is 7.34. The van der Waals surface area contributed by atoms with E-state index in [0.29, 0.717) is 24.8 Å². The van der Waals surface area contributed by atoms with Crippen molar-refractivity contribution in [2.45, 2.75) is 38.3 Å². The standard InChI is InChI=1S/C16H16F3NO2/c17-16(18,19)11-3-4-12-8(6-11)1-2-9-5-10(15(20)22)7-13(21)14(9)12/h5,7-8,11H,1-4,6H2,(H2,20,22). The first kappa shape index (κ1) is 15.1. The van der Waals surface area contributed by atoms with Gasteiger partial charge in [0.1, 0.15) is 0 Å². The van der Waals surface area contributed by atoms with E-state index in [1.165, 1.54) is 6.08 Å². The maximum atomic E-state index is 12.9. The molecule has 0 aromatic carbocycles. The SMILES string of the molecule is NC(=O)C1=CC(=O)C2=C3CCC(C(F)(F)F)CC3CCC2=C1. The third kappa shape index (κ3) is 2.51. The van der Waals surface area contributed by atoms with E-state index in [9.17, 15) is 22.8 Å². The number of carbonyl (C=O) groups excluding carboxylic acids is 2. The number of hydrogen-bond acceptors (Lipinski definition) is 2. The van der Waals surface area contributed by atoms with Crippen molar-refractivity contribution in [3.63, 3.8) is 0 Å². The third-order valence-electron chi connectivity index (χ3n) is 4.84. The molecule has 2 N–H and O–H groups in total. The Morgan fingerprint density at radius 3 is 2.55 bits per heavy atom. The number of amides is 1. The molecule has 0 saturated heterocycles. The Morgan fingerprint density at radius 1 is 1.18 bits per heavy atom. The van der Waals surface area contributed by atoms with Gasteiger partial charge in [0, 0.05) is 11.1 Å². The molecule has 3 aliphatic carbocycles. The van der Waals surface area contributed by atoms with E-state index >= 15 is 0 Å². The molecular weight excluding hydrogens is 295 g/mol. The van der Waals surface area contributed by atoms with Gasteiger partial charge >= 0.3 is 6.18 Å². The van der Waals surface area contributed by atoms with Crippen molar-refractivity contribution in [3.8, 4) is 0 Å². The van der Waals surface area contributed by atoms with Crippen LogP contribution in [-0.4, -0.2) is 17.9 Å². The minimum Gasteiger partial charge on any atom is -0.366 e. The highest BCUT2D eigenvalue weighted by Crippen LogP contribution is 2.49. The van der Waals surface area contributed by atoms with Crippen molar-refractivity contribution in [1.82, 2.24) is 0 Å². The van der Waals surface area contributed by atoms with Crippen molar-refractivity contribution >= 4 is 11.7 Å². The fourth-order valence-electron chi connectivity index (χ4n) is 3.76. The Balaban J connectivity index is 1.93. The van der Waals surface area contributed by atoms with Crippen LogP contribution in [0.2, 0.25) is 0 Å². The molecular formula is C16H16F3NO2.